The molecule has 0 aromatic heterocycles. The zero-order valence-electron chi connectivity index (χ0n) is 21.3. The molecule has 2 rings (SSSR count). The zero-order chi connectivity index (χ0) is 23.7. The smallest absolute Gasteiger partial charge is 0.262 e. The van der Waals surface area contributed by atoms with Crippen molar-refractivity contribution in [2.45, 2.75) is 92.9 Å². The van der Waals surface area contributed by atoms with Crippen molar-refractivity contribution in [2.24, 2.45) is 10.8 Å². The first-order chi connectivity index (χ1) is 14.0. The van der Waals surface area contributed by atoms with E-state index in [4.69, 9.17) is 4.52 Å². The van der Waals surface area contributed by atoms with Crippen molar-refractivity contribution < 1.29 is 9.42 Å². The highest BCUT2D eigenvalue weighted by Gasteiger charge is 2.34. The van der Waals surface area contributed by atoms with E-state index in [0.717, 1.165) is 23.9 Å². The summed E-state index contributed by atoms with van der Waals surface area (Å²) < 4.78 is 6.22. The van der Waals surface area contributed by atoms with Gasteiger partial charge in [0, 0.05) is 10.9 Å². The quantitative estimate of drug-likeness (QED) is 0.439. The van der Waals surface area contributed by atoms with E-state index in [9.17, 15) is 4.89 Å². The monoisotopic (exact) mass is 442 g/mol. The van der Waals surface area contributed by atoms with Crippen molar-refractivity contribution in [3.8, 4) is 5.75 Å². The summed E-state index contributed by atoms with van der Waals surface area (Å²) >= 11 is 0. The van der Waals surface area contributed by atoms with Crippen molar-refractivity contribution in [2.75, 3.05) is 0 Å². The van der Waals surface area contributed by atoms with Crippen molar-refractivity contribution in [1.82, 2.24) is 0 Å². The Hall–Kier alpha value is -1.37. The highest BCUT2D eigenvalue weighted by Crippen LogP contribution is 2.46. The summed E-state index contributed by atoms with van der Waals surface area (Å²) in [5.74, 6) is 0.794. The second-order valence-corrected chi connectivity index (χ2v) is 13.9. The summed E-state index contributed by atoms with van der Waals surface area (Å²) in [6.07, 6.45) is 2.12. The van der Waals surface area contributed by atoms with Gasteiger partial charge in [-0.1, -0.05) is 99.6 Å². The molecule has 0 aliphatic carbocycles. The minimum absolute atomic E-state index is 0.0483. The van der Waals surface area contributed by atoms with Crippen LogP contribution in [0.25, 0.3) is 0 Å². The van der Waals surface area contributed by atoms with Crippen LogP contribution in [-0.4, -0.2) is 4.89 Å². The standard InChI is InChI=1S/C28H43O2P/c1-25(2,3)19-27(7,8)21-16-17-24(30-31(29)22-14-12-11-13-15-22)23(18-21)28(9,10)20-26(4,5)6/h11-18,29H,19-20H2,1-10H3. The molecule has 31 heavy (non-hydrogen) atoms. The van der Waals surface area contributed by atoms with Crippen molar-refractivity contribution in [3.05, 3.63) is 59.7 Å². The van der Waals surface area contributed by atoms with Crippen molar-refractivity contribution in [3.63, 3.8) is 0 Å². The van der Waals surface area contributed by atoms with E-state index in [1.54, 1.807) is 0 Å². The van der Waals surface area contributed by atoms with Gasteiger partial charge in [-0.15, -0.1) is 0 Å². The summed E-state index contributed by atoms with van der Waals surface area (Å²) in [6.45, 7) is 23.0. The minimum Gasteiger partial charge on any atom is -0.444 e. The Morgan fingerprint density at radius 2 is 1.23 bits per heavy atom. The van der Waals surface area contributed by atoms with E-state index in [1.165, 1.54) is 11.1 Å². The lowest BCUT2D eigenvalue weighted by atomic mass is 9.68. The number of hydrogen-bond acceptors (Lipinski definition) is 2. The van der Waals surface area contributed by atoms with Crippen LogP contribution in [0.2, 0.25) is 0 Å². The number of hydrogen-bond donors (Lipinski definition) is 1. The molecule has 0 aliphatic heterocycles. The van der Waals surface area contributed by atoms with Gasteiger partial charge in [0.25, 0.3) is 8.38 Å². The van der Waals surface area contributed by atoms with Crippen LogP contribution in [0.3, 0.4) is 0 Å². The second kappa shape index (κ2) is 9.24. The topological polar surface area (TPSA) is 29.5 Å². The Morgan fingerprint density at radius 1 is 0.710 bits per heavy atom. The molecule has 0 saturated heterocycles. The van der Waals surface area contributed by atoms with Gasteiger partial charge in [0.1, 0.15) is 5.75 Å². The molecule has 0 fully saturated rings. The predicted octanol–water partition coefficient (Wildman–Crippen LogP) is 8.12. The Balaban J connectivity index is 2.52. The Labute approximate surface area is 192 Å². The third kappa shape index (κ3) is 7.62. The molecule has 1 N–H and O–H groups in total. The summed E-state index contributed by atoms with van der Waals surface area (Å²) in [7, 11) is -1.71. The normalized spacial score (nSPS) is 14.4. The van der Waals surface area contributed by atoms with Gasteiger partial charge in [-0.3, -0.25) is 0 Å². The van der Waals surface area contributed by atoms with Crippen LogP contribution in [0.1, 0.15) is 93.2 Å². The van der Waals surface area contributed by atoms with E-state index in [2.05, 4.69) is 87.4 Å². The van der Waals surface area contributed by atoms with Crippen molar-refractivity contribution in [1.29, 1.82) is 0 Å². The molecule has 0 spiro atoms. The van der Waals surface area contributed by atoms with Gasteiger partial charge in [0.2, 0.25) is 0 Å². The molecule has 0 aliphatic rings. The lowest BCUT2D eigenvalue weighted by Gasteiger charge is -2.37. The van der Waals surface area contributed by atoms with Crippen LogP contribution in [0.5, 0.6) is 5.75 Å². The van der Waals surface area contributed by atoms with Crippen LogP contribution in [0, 0.1) is 10.8 Å². The average molecular weight is 443 g/mol. The minimum atomic E-state index is -1.71. The molecule has 0 bridgehead atoms. The highest BCUT2D eigenvalue weighted by molar-refractivity contribution is 7.55. The van der Waals surface area contributed by atoms with E-state index >= 15 is 0 Å². The molecular formula is C28H43O2P. The molecule has 1 unspecified atom stereocenters. The van der Waals surface area contributed by atoms with Gasteiger partial charge >= 0.3 is 0 Å². The first kappa shape index (κ1) is 25.9. The fourth-order valence-corrected chi connectivity index (χ4v) is 5.99. The van der Waals surface area contributed by atoms with E-state index < -0.39 is 8.38 Å². The summed E-state index contributed by atoms with van der Waals surface area (Å²) in [6, 6.07) is 16.3. The fourth-order valence-electron chi connectivity index (χ4n) is 5.11. The summed E-state index contributed by atoms with van der Waals surface area (Å²) in [4.78, 5) is 10.8. The van der Waals surface area contributed by atoms with Gasteiger partial charge < -0.3 is 9.42 Å². The summed E-state index contributed by atoms with van der Waals surface area (Å²) in [5.41, 5.74) is 2.89. The van der Waals surface area contributed by atoms with Crippen LogP contribution in [0.4, 0.5) is 0 Å². The van der Waals surface area contributed by atoms with Gasteiger partial charge in [0.15, 0.2) is 0 Å². The molecule has 2 nitrogen and oxygen atoms in total. The molecule has 3 heteroatoms. The third-order valence-electron chi connectivity index (χ3n) is 5.60. The fraction of sp³-hybridized carbons (Fsp3) is 0.571. The average Bonchev–Trinajstić information content (AvgIpc) is 2.58. The van der Waals surface area contributed by atoms with Gasteiger partial charge in [-0.2, -0.15) is 0 Å². The van der Waals surface area contributed by atoms with E-state index in [1.807, 2.05) is 30.3 Å². The lowest BCUT2D eigenvalue weighted by molar-refractivity contribution is 0.276. The zero-order valence-corrected chi connectivity index (χ0v) is 22.2. The Bertz CT molecular complexity index is 855. The van der Waals surface area contributed by atoms with Gasteiger partial charge in [0.05, 0.1) is 0 Å². The molecule has 172 valence electrons. The molecule has 2 aromatic carbocycles. The first-order valence-electron chi connectivity index (χ1n) is 11.4. The lowest BCUT2D eigenvalue weighted by Crippen LogP contribution is -2.28. The van der Waals surface area contributed by atoms with Crippen LogP contribution < -0.4 is 9.83 Å². The molecular weight excluding hydrogens is 399 g/mol. The molecule has 2 aromatic rings. The molecule has 0 saturated carbocycles. The number of benzene rings is 2. The third-order valence-corrected chi connectivity index (χ3v) is 6.71. The Morgan fingerprint density at radius 3 is 1.74 bits per heavy atom. The molecule has 0 heterocycles. The van der Waals surface area contributed by atoms with E-state index in [-0.39, 0.29) is 21.7 Å². The molecule has 1 atom stereocenters. The Kier molecular flexibility index (Phi) is 7.72. The summed E-state index contributed by atoms with van der Waals surface area (Å²) in [5, 5.41) is 0.828. The van der Waals surface area contributed by atoms with Gasteiger partial charge in [-0.25, -0.2) is 0 Å². The molecule has 0 amide bonds. The van der Waals surface area contributed by atoms with E-state index in [0.29, 0.717) is 0 Å². The molecule has 0 radical (unpaired) electrons. The first-order valence-corrected chi connectivity index (χ1v) is 12.6. The SMILES string of the molecule is CC(C)(C)CC(C)(C)c1ccc(OP(O)c2ccccc2)c(C(C)(C)CC(C)(C)C)c1. The second-order valence-electron chi connectivity index (χ2n) is 12.7. The predicted molar refractivity (Wildman–Crippen MR) is 136 cm³/mol. The van der Waals surface area contributed by atoms with Crippen LogP contribution in [0.15, 0.2) is 48.5 Å². The largest absolute Gasteiger partial charge is 0.444 e. The maximum absolute atomic E-state index is 10.8. The van der Waals surface area contributed by atoms with Crippen molar-refractivity contribution >= 4 is 13.7 Å². The number of rotatable bonds is 7. The highest BCUT2D eigenvalue weighted by atomic mass is 31.2. The van der Waals surface area contributed by atoms with Gasteiger partial charge in [-0.05, 0) is 58.3 Å². The maximum atomic E-state index is 10.8. The van der Waals surface area contributed by atoms with Crippen LogP contribution >= 0.6 is 8.38 Å². The van der Waals surface area contributed by atoms with Crippen LogP contribution in [-0.2, 0) is 10.8 Å². The maximum Gasteiger partial charge on any atom is 0.262 e.